The second-order valence-corrected chi connectivity index (χ2v) is 3.55. The van der Waals surface area contributed by atoms with Gasteiger partial charge >= 0.3 is 0 Å². The summed E-state index contributed by atoms with van der Waals surface area (Å²) in [5.74, 6) is 0. The van der Waals surface area contributed by atoms with Crippen LogP contribution in [-0.2, 0) is 9.53 Å². The molecule has 1 unspecified atom stereocenters. The van der Waals surface area contributed by atoms with Crippen LogP contribution in [0.2, 0.25) is 0 Å². The second-order valence-electron chi connectivity index (χ2n) is 3.55. The molecule has 0 saturated carbocycles. The average molecular weight is 265 g/mol. The van der Waals surface area contributed by atoms with E-state index >= 15 is 0 Å². The van der Waals surface area contributed by atoms with Crippen molar-refractivity contribution in [1.82, 2.24) is 9.88 Å². The van der Waals surface area contributed by atoms with Gasteiger partial charge in [-0.2, -0.15) is 0 Å². The van der Waals surface area contributed by atoms with Gasteiger partial charge < -0.3 is 9.64 Å². The number of amides is 1. The van der Waals surface area contributed by atoms with E-state index in [1.165, 1.54) is 6.40 Å². The third kappa shape index (κ3) is 7.18. The normalized spacial score (nSPS) is 15.3. The molecule has 0 spiro atoms. The number of aromatic nitrogens is 1. The molecule has 0 saturated heterocycles. The lowest BCUT2D eigenvalue weighted by atomic mass is 10.1. The lowest BCUT2D eigenvalue weighted by Crippen LogP contribution is -2.13. The molecule has 2 rings (SSSR count). The molecular weight excluding hydrogens is 242 g/mol. The fourth-order valence-electron chi connectivity index (χ4n) is 1.13. The van der Waals surface area contributed by atoms with Crippen LogP contribution in [0.15, 0.2) is 29.5 Å². The van der Waals surface area contributed by atoms with Gasteiger partial charge in [0.1, 0.15) is 6.10 Å². The Balaban J connectivity index is 0.000000350. The van der Waals surface area contributed by atoms with E-state index in [1.54, 1.807) is 24.3 Å². The molecule has 5 nitrogen and oxygen atoms in total. The highest BCUT2D eigenvalue weighted by Crippen LogP contribution is 2.18. The third-order valence-corrected chi connectivity index (χ3v) is 2.33. The van der Waals surface area contributed by atoms with Gasteiger partial charge in [-0.15, -0.1) is 0 Å². The first-order chi connectivity index (χ1) is 9.27. The van der Waals surface area contributed by atoms with Gasteiger partial charge in [-0.05, 0) is 24.6 Å². The van der Waals surface area contributed by atoms with Gasteiger partial charge in [0, 0.05) is 26.0 Å². The molecule has 1 atom stereocenters. The van der Waals surface area contributed by atoms with Crippen molar-refractivity contribution in [3.63, 3.8) is 0 Å². The fourth-order valence-corrected chi connectivity index (χ4v) is 1.13. The predicted molar refractivity (Wildman–Crippen MR) is 77.1 cm³/mol. The van der Waals surface area contributed by atoms with Gasteiger partial charge in [0.15, 0.2) is 6.40 Å². The molecule has 0 radical (unpaired) electrons. The summed E-state index contributed by atoms with van der Waals surface area (Å²) in [4.78, 5) is 19.1. The second kappa shape index (κ2) is 11.2. The Hall–Kier alpha value is -1.91. The highest BCUT2D eigenvalue weighted by atomic mass is 16.5. The Bertz CT molecular complexity index is 347. The third-order valence-electron chi connectivity index (χ3n) is 2.33. The minimum Gasteiger partial charge on any atom is -0.474 e. The molecule has 1 amide bonds. The van der Waals surface area contributed by atoms with Crippen LogP contribution in [0.25, 0.3) is 0 Å². The van der Waals surface area contributed by atoms with Crippen molar-refractivity contribution in [2.24, 2.45) is 4.99 Å². The molecule has 0 aromatic carbocycles. The lowest BCUT2D eigenvalue weighted by Gasteiger charge is -2.06. The van der Waals surface area contributed by atoms with Crippen LogP contribution in [-0.4, -0.2) is 42.8 Å². The van der Waals surface area contributed by atoms with Crippen LogP contribution < -0.4 is 0 Å². The van der Waals surface area contributed by atoms with Gasteiger partial charge in [-0.3, -0.25) is 14.8 Å². The smallest absolute Gasteiger partial charge is 0.209 e. The monoisotopic (exact) mass is 265 g/mol. The molecule has 106 valence electrons. The summed E-state index contributed by atoms with van der Waals surface area (Å²) in [6.45, 7) is 7.45. The predicted octanol–water partition coefficient (Wildman–Crippen LogP) is 2.30. The summed E-state index contributed by atoms with van der Waals surface area (Å²) < 4.78 is 5.22. The van der Waals surface area contributed by atoms with Gasteiger partial charge in [0.05, 0.1) is 6.54 Å². The first-order valence-electron chi connectivity index (χ1n) is 6.47. The summed E-state index contributed by atoms with van der Waals surface area (Å²) in [5.41, 5.74) is 1.14. The topological polar surface area (TPSA) is 54.8 Å². The number of hydrogen-bond acceptors (Lipinski definition) is 4. The Morgan fingerprint density at radius 3 is 2.42 bits per heavy atom. The molecule has 19 heavy (non-hydrogen) atoms. The molecule has 1 aromatic rings. The van der Waals surface area contributed by atoms with Crippen molar-refractivity contribution in [2.45, 2.75) is 26.9 Å². The number of nitrogens with zero attached hydrogens (tertiary/aromatic N) is 3. The average Bonchev–Trinajstić information content (AvgIpc) is 3.04. The van der Waals surface area contributed by atoms with Crippen LogP contribution >= 0.6 is 0 Å². The number of ether oxygens (including phenoxy) is 1. The fraction of sp³-hybridized carbons (Fsp3) is 0.500. The first kappa shape index (κ1) is 17.1. The minimum atomic E-state index is 0.109. The highest BCUT2D eigenvalue weighted by molar-refractivity contribution is 5.49. The molecule has 2 heterocycles. The molecule has 1 aliphatic heterocycles. The minimum absolute atomic E-state index is 0.109. The Morgan fingerprint density at radius 2 is 2.05 bits per heavy atom. The quantitative estimate of drug-likeness (QED) is 0.788. The van der Waals surface area contributed by atoms with Crippen LogP contribution in [0.5, 0.6) is 0 Å². The van der Waals surface area contributed by atoms with Crippen molar-refractivity contribution in [1.29, 1.82) is 0 Å². The number of carbonyl (C=O) groups is 1. The largest absolute Gasteiger partial charge is 0.474 e. The standard InChI is InChI=1S/C8H8N2O.C4H9NO.C2H6/c1-3-9-4-2-7(1)8-5-10-6-11-8;1-3-5(2)4-6;1-2/h1-4,6,8H,5H2;4H,3H2,1-2H3;1-2H3. The molecule has 0 bridgehead atoms. The Morgan fingerprint density at radius 1 is 1.42 bits per heavy atom. The number of carbonyl (C=O) groups excluding carboxylic acids is 1. The van der Waals surface area contributed by atoms with E-state index in [1.807, 2.05) is 32.9 Å². The summed E-state index contributed by atoms with van der Waals surface area (Å²) >= 11 is 0. The zero-order valence-corrected chi connectivity index (χ0v) is 12.1. The van der Waals surface area contributed by atoms with E-state index in [4.69, 9.17) is 4.74 Å². The molecule has 0 aliphatic carbocycles. The zero-order chi connectivity index (χ0) is 14.5. The molecule has 5 heteroatoms. The zero-order valence-electron chi connectivity index (χ0n) is 12.1. The van der Waals surface area contributed by atoms with Gasteiger partial charge in [-0.1, -0.05) is 13.8 Å². The number of hydrogen-bond donors (Lipinski definition) is 0. The molecule has 0 fully saturated rings. The summed E-state index contributed by atoms with van der Waals surface area (Å²) in [7, 11) is 1.74. The van der Waals surface area contributed by atoms with Gasteiger partial charge in [-0.25, -0.2) is 0 Å². The molecule has 1 aromatic heterocycles. The maximum absolute atomic E-state index is 9.66. The van der Waals surface area contributed by atoms with Crippen LogP contribution in [0, 0.1) is 0 Å². The van der Waals surface area contributed by atoms with Crippen LogP contribution in [0.3, 0.4) is 0 Å². The number of rotatable bonds is 3. The maximum Gasteiger partial charge on any atom is 0.209 e. The van der Waals surface area contributed by atoms with Crippen molar-refractivity contribution < 1.29 is 9.53 Å². The van der Waals surface area contributed by atoms with E-state index in [9.17, 15) is 4.79 Å². The SMILES string of the molecule is C1=NCC(c2ccncc2)O1.CC.CCN(C)C=O. The number of pyridine rings is 1. The van der Waals surface area contributed by atoms with E-state index in [2.05, 4.69) is 9.98 Å². The van der Waals surface area contributed by atoms with Crippen molar-refractivity contribution in [2.75, 3.05) is 20.1 Å². The Kier molecular flexibility index (Phi) is 10.1. The molecule has 1 aliphatic rings. The van der Waals surface area contributed by atoms with E-state index in [0.717, 1.165) is 25.1 Å². The lowest BCUT2D eigenvalue weighted by molar-refractivity contribution is -0.116. The van der Waals surface area contributed by atoms with Crippen molar-refractivity contribution >= 4 is 12.8 Å². The number of aliphatic imine (C=N–C) groups is 1. The molecule has 0 N–H and O–H groups in total. The molecular formula is C14H23N3O2. The summed E-state index contributed by atoms with van der Waals surface area (Å²) in [6, 6.07) is 3.89. The van der Waals surface area contributed by atoms with Crippen LogP contribution in [0.4, 0.5) is 0 Å². The van der Waals surface area contributed by atoms with E-state index in [-0.39, 0.29) is 6.10 Å². The Labute approximate surface area is 115 Å². The maximum atomic E-state index is 9.66. The first-order valence-corrected chi connectivity index (χ1v) is 6.47. The highest BCUT2D eigenvalue weighted by Gasteiger charge is 2.13. The van der Waals surface area contributed by atoms with Crippen LogP contribution in [0.1, 0.15) is 32.4 Å². The van der Waals surface area contributed by atoms with Gasteiger partial charge in [0.25, 0.3) is 0 Å². The summed E-state index contributed by atoms with van der Waals surface area (Å²) in [6.07, 6.45) is 5.94. The van der Waals surface area contributed by atoms with Crippen molar-refractivity contribution in [3.8, 4) is 0 Å². The summed E-state index contributed by atoms with van der Waals surface area (Å²) in [5, 5.41) is 0. The van der Waals surface area contributed by atoms with Crippen molar-refractivity contribution in [3.05, 3.63) is 30.1 Å². The van der Waals surface area contributed by atoms with Gasteiger partial charge in [0.2, 0.25) is 6.41 Å². The van der Waals surface area contributed by atoms with E-state index in [0.29, 0.717) is 0 Å². The van der Waals surface area contributed by atoms with E-state index < -0.39 is 0 Å².